The largest absolute Gasteiger partial charge is 0.366 e. The number of carbonyl (C=O) groups excluding carboxylic acids is 2. The van der Waals surface area contributed by atoms with Crippen molar-refractivity contribution in [3.63, 3.8) is 0 Å². The second kappa shape index (κ2) is 6.47. The Hall–Kier alpha value is -2.95. The third kappa shape index (κ3) is 4.28. The molecular weight excluding hydrogens is 271 g/mol. The molecule has 4 nitrogen and oxygen atoms in total. The van der Waals surface area contributed by atoms with Crippen LogP contribution in [0, 0.1) is 5.82 Å². The Balaban J connectivity index is 1.98. The lowest BCUT2D eigenvalue weighted by atomic mass is 10.2. The van der Waals surface area contributed by atoms with Crippen LogP contribution in [-0.2, 0) is 4.79 Å². The summed E-state index contributed by atoms with van der Waals surface area (Å²) in [4.78, 5) is 22.6. The van der Waals surface area contributed by atoms with Crippen LogP contribution in [0.15, 0.2) is 54.6 Å². The summed E-state index contributed by atoms with van der Waals surface area (Å²) in [5.74, 6) is -1.18. The molecule has 0 radical (unpaired) electrons. The number of amides is 2. The van der Waals surface area contributed by atoms with Crippen LogP contribution in [0.1, 0.15) is 15.9 Å². The quantitative estimate of drug-likeness (QED) is 0.847. The van der Waals surface area contributed by atoms with Crippen LogP contribution >= 0.6 is 0 Å². The highest BCUT2D eigenvalue weighted by Crippen LogP contribution is 2.10. The number of halogens is 1. The van der Waals surface area contributed by atoms with E-state index in [-0.39, 0.29) is 11.7 Å². The fourth-order valence-corrected chi connectivity index (χ4v) is 1.65. The summed E-state index contributed by atoms with van der Waals surface area (Å²) >= 11 is 0. The fourth-order valence-electron chi connectivity index (χ4n) is 1.65. The van der Waals surface area contributed by atoms with Gasteiger partial charge in [-0.3, -0.25) is 9.59 Å². The molecule has 0 fully saturated rings. The number of benzene rings is 2. The van der Waals surface area contributed by atoms with Crippen LogP contribution < -0.4 is 11.1 Å². The van der Waals surface area contributed by atoms with E-state index in [4.69, 9.17) is 5.73 Å². The van der Waals surface area contributed by atoms with E-state index in [0.717, 1.165) is 5.56 Å². The second-order valence-corrected chi connectivity index (χ2v) is 4.32. The Labute approximate surface area is 121 Å². The molecule has 0 saturated carbocycles. The number of hydrogen-bond donors (Lipinski definition) is 2. The van der Waals surface area contributed by atoms with Gasteiger partial charge in [0.25, 0.3) is 0 Å². The molecule has 0 aliphatic carbocycles. The fraction of sp³-hybridized carbons (Fsp3) is 0. The first kappa shape index (κ1) is 14.5. The van der Waals surface area contributed by atoms with Gasteiger partial charge >= 0.3 is 0 Å². The lowest BCUT2D eigenvalue weighted by Gasteiger charge is -2.02. The molecule has 2 rings (SSSR count). The van der Waals surface area contributed by atoms with E-state index in [1.807, 2.05) is 0 Å². The van der Waals surface area contributed by atoms with Gasteiger partial charge in [-0.1, -0.05) is 12.1 Å². The van der Waals surface area contributed by atoms with Crippen molar-refractivity contribution in [2.24, 2.45) is 5.73 Å². The third-order valence-corrected chi connectivity index (χ3v) is 2.73. The van der Waals surface area contributed by atoms with Crippen molar-refractivity contribution in [2.75, 3.05) is 5.32 Å². The highest BCUT2D eigenvalue weighted by atomic mass is 19.1. The normalized spacial score (nSPS) is 10.5. The number of primary amides is 1. The van der Waals surface area contributed by atoms with Crippen LogP contribution in [0.4, 0.5) is 10.1 Å². The molecule has 106 valence electrons. The SMILES string of the molecule is NC(=O)c1ccc(NC(=O)/C=C/c2ccc(F)cc2)cc1. The number of hydrogen-bond acceptors (Lipinski definition) is 2. The molecule has 2 aromatic carbocycles. The van der Waals surface area contributed by atoms with Gasteiger partial charge in [-0.15, -0.1) is 0 Å². The monoisotopic (exact) mass is 284 g/mol. The molecular formula is C16H13FN2O2. The summed E-state index contributed by atoms with van der Waals surface area (Å²) in [6.07, 6.45) is 2.92. The zero-order valence-corrected chi connectivity index (χ0v) is 11.0. The summed E-state index contributed by atoms with van der Waals surface area (Å²) in [5.41, 5.74) is 6.76. The Morgan fingerprint density at radius 2 is 1.62 bits per heavy atom. The van der Waals surface area contributed by atoms with E-state index in [0.29, 0.717) is 11.3 Å². The summed E-state index contributed by atoms with van der Waals surface area (Å²) < 4.78 is 12.7. The number of nitrogens with one attached hydrogen (secondary N) is 1. The smallest absolute Gasteiger partial charge is 0.248 e. The van der Waals surface area contributed by atoms with Crippen LogP contribution in [0.3, 0.4) is 0 Å². The zero-order valence-electron chi connectivity index (χ0n) is 11.0. The maximum atomic E-state index is 12.7. The average molecular weight is 284 g/mol. The molecule has 0 heterocycles. The number of anilines is 1. The first-order valence-electron chi connectivity index (χ1n) is 6.19. The minimum Gasteiger partial charge on any atom is -0.366 e. The summed E-state index contributed by atoms with van der Waals surface area (Å²) in [6.45, 7) is 0. The first-order valence-corrected chi connectivity index (χ1v) is 6.19. The molecule has 21 heavy (non-hydrogen) atoms. The predicted molar refractivity (Wildman–Crippen MR) is 79.0 cm³/mol. The van der Waals surface area contributed by atoms with Crippen LogP contribution in [0.5, 0.6) is 0 Å². The average Bonchev–Trinajstić information content (AvgIpc) is 2.47. The van der Waals surface area contributed by atoms with Gasteiger partial charge in [0.15, 0.2) is 0 Å². The van der Waals surface area contributed by atoms with Crippen molar-refractivity contribution >= 4 is 23.6 Å². The molecule has 0 saturated heterocycles. The Kier molecular flexibility index (Phi) is 4.46. The lowest BCUT2D eigenvalue weighted by molar-refractivity contribution is -0.111. The summed E-state index contributed by atoms with van der Waals surface area (Å²) in [7, 11) is 0. The molecule has 0 aliphatic rings. The molecule has 0 spiro atoms. The minimum atomic E-state index is -0.524. The van der Waals surface area contributed by atoms with Gasteiger partial charge in [0, 0.05) is 17.3 Å². The lowest BCUT2D eigenvalue weighted by Crippen LogP contribution is -2.11. The molecule has 0 aromatic heterocycles. The Bertz CT molecular complexity index is 676. The zero-order chi connectivity index (χ0) is 15.2. The van der Waals surface area contributed by atoms with Crippen molar-refractivity contribution in [1.29, 1.82) is 0 Å². The Morgan fingerprint density at radius 1 is 1.00 bits per heavy atom. The number of nitrogens with two attached hydrogens (primary N) is 1. The van der Waals surface area contributed by atoms with Gasteiger partial charge < -0.3 is 11.1 Å². The molecule has 0 aliphatic heterocycles. The molecule has 0 unspecified atom stereocenters. The summed E-state index contributed by atoms with van der Waals surface area (Å²) in [5, 5.41) is 2.64. The van der Waals surface area contributed by atoms with E-state index in [2.05, 4.69) is 5.32 Å². The van der Waals surface area contributed by atoms with Crippen molar-refractivity contribution in [3.8, 4) is 0 Å². The number of carbonyl (C=O) groups is 2. The molecule has 2 amide bonds. The minimum absolute atomic E-state index is 0.328. The van der Waals surface area contributed by atoms with Gasteiger partial charge in [0.2, 0.25) is 11.8 Å². The topological polar surface area (TPSA) is 72.2 Å². The molecule has 3 N–H and O–H groups in total. The molecule has 0 atom stereocenters. The highest BCUT2D eigenvalue weighted by molar-refractivity contribution is 6.02. The van der Waals surface area contributed by atoms with Gasteiger partial charge in [-0.05, 0) is 48.0 Å². The maximum absolute atomic E-state index is 12.7. The van der Waals surface area contributed by atoms with Crippen molar-refractivity contribution < 1.29 is 14.0 Å². The number of rotatable bonds is 4. The van der Waals surface area contributed by atoms with Crippen LogP contribution in [0.25, 0.3) is 6.08 Å². The van der Waals surface area contributed by atoms with Crippen molar-refractivity contribution in [3.05, 3.63) is 71.6 Å². The Morgan fingerprint density at radius 3 is 2.19 bits per heavy atom. The van der Waals surface area contributed by atoms with Gasteiger partial charge in [-0.2, -0.15) is 0 Å². The predicted octanol–water partition coefficient (Wildman–Crippen LogP) is 2.58. The van der Waals surface area contributed by atoms with Crippen molar-refractivity contribution in [2.45, 2.75) is 0 Å². The van der Waals surface area contributed by atoms with E-state index in [9.17, 15) is 14.0 Å². The second-order valence-electron chi connectivity index (χ2n) is 4.32. The van der Waals surface area contributed by atoms with E-state index in [1.165, 1.54) is 30.3 Å². The van der Waals surface area contributed by atoms with Gasteiger partial charge in [-0.25, -0.2) is 4.39 Å². The molecule has 2 aromatic rings. The summed E-state index contributed by atoms with van der Waals surface area (Å²) in [6, 6.07) is 12.0. The molecule has 5 heteroatoms. The third-order valence-electron chi connectivity index (χ3n) is 2.73. The van der Waals surface area contributed by atoms with E-state index >= 15 is 0 Å². The van der Waals surface area contributed by atoms with Gasteiger partial charge in [0.1, 0.15) is 5.82 Å². The first-order chi connectivity index (χ1) is 10.0. The van der Waals surface area contributed by atoms with Crippen molar-refractivity contribution in [1.82, 2.24) is 0 Å². The highest BCUT2D eigenvalue weighted by Gasteiger charge is 2.01. The van der Waals surface area contributed by atoms with E-state index < -0.39 is 5.91 Å². The van der Waals surface area contributed by atoms with E-state index in [1.54, 1.807) is 30.3 Å². The standard InChI is InChI=1S/C16H13FN2O2/c17-13-6-1-11(2-7-13)3-10-15(20)19-14-8-4-12(5-9-14)16(18)21/h1-10H,(H2,18,21)(H,19,20)/b10-3+. The van der Waals surface area contributed by atoms with Crippen LogP contribution in [0.2, 0.25) is 0 Å². The van der Waals surface area contributed by atoms with Crippen LogP contribution in [-0.4, -0.2) is 11.8 Å². The van der Waals surface area contributed by atoms with Gasteiger partial charge in [0.05, 0.1) is 0 Å². The maximum Gasteiger partial charge on any atom is 0.248 e. The molecule has 0 bridgehead atoms.